The molecule has 0 fully saturated rings. The zero-order valence-corrected chi connectivity index (χ0v) is 44.6. The Balaban J connectivity index is -0.000000105. The Labute approximate surface area is 414 Å². The summed E-state index contributed by atoms with van der Waals surface area (Å²) in [6, 6.07) is 0. The number of methoxy groups -OCH3 is 1. The molecule has 0 aromatic carbocycles. The molecule has 416 valence electrons. The van der Waals surface area contributed by atoms with Crippen LogP contribution in [0.1, 0.15) is 117 Å². The molecule has 0 rings (SSSR count). The molecule has 0 aliphatic rings. The minimum atomic E-state index is -0.462. The summed E-state index contributed by atoms with van der Waals surface area (Å²) in [5.41, 5.74) is 0. The maximum absolute atomic E-state index is 10.2. The van der Waals surface area contributed by atoms with Crippen molar-refractivity contribution in [2.45, 2.75) is 117 Å². The van der Waals surface area contributed by atoms with Crippen LogP contribution in [-0.4, -0.2) is 179 Å². The molecule has 0 unspecified atom stereocenters. The van der Waals surface area contributed by atoms with Crippen LogP contribution in [0.2, 0.25) is 0 Å². The first-order chi connectivity index (χ1) is 32.9. The predicted molar refractivity (Wildman–Crippen MR) is 249 cm³/mol. The molecule has 25 nitrogen and oxygen atoms in total. The average molecular weight is 1030 g/mol. The highest BCUT2D eigenvalue weighted by atomic mass is 16.7. The van der Waals surface area contributed by atoms with Crippen LogP contribution in [0.25, 0.3) is 0 Å². The van der Waals surface area contributed by atoms with E-state index in [0.29, 0.717) is 72.5 Å². The van der Waals surface area contributed by atoms with Crippen molar-refractivity contribution in [3.63, 3.8) is 0 Å². The van der Waals surface area contributed by atoms with Gasteiger partial charge >= 0.3 is 59.7 Å². The lowest BCUT2D eigenvalue weighted by Crippen LogP contribution is -2.09. The van der Waals surface area contributed by atoms with E-state index in [1.54, 1.807) is 7.11 Å². The SMILES string of the molecule is CC(=O)OCCCOC(C)=O.CC(=O)OCCOC(C)=O.CC(=O)OCOC(C)=O.CCOCC.CCOCCCOC(C)=O.CCOCCOC(C)=O.CCOCOC(C)=O.COCCOC(C)=O. The van der Waals surface area contributed by atoms with Crippen molar-refractivity contribution in [2.75, 3.05) is 120 Å². The topological polar surface area (TPSA) is 309 Å². The van der Waals surface area contributed by atoms with Crippen molar-refractivity contribution in [3.05, 3.63) is 0 Å². The van der Waals surface area contributed by atoms with E-state index in [4.69, 9.17) is 18.9 Å². The maximum Gasteiger partial charge on any atom is 0.305 e. The number of carbonyl (C=O) groups is 10. The van der Waals surface area contributed by atoms with Crippen molar-refractivity contribution >= 4 is 59.7 Å². The molecule has 0 aromatic heterocycles. The van der Waals surface area contributed by atoms with Crippen molar-refractivity contribution < 1.29 is 119 Å². The van der Waals surface area contributed by atoms with Gasteiger partial charge in [0.2, 0.25) is 6.79 Å². The second kappa shape index (κ2) is 72.5. The van der Waals surface area contributed by atoms with Crippen molar-refractivity contribution in [1.29, 1.82) is 0 Å². The molecule has 0 aliphatic carbocycles. The van der Waals surface area contributed by atoms with E-state index >= 15 is 0 Å². The number of hydrogen-bond acceptors (Lipinski definition) is 25. The first-order valence-electron chi connectivity index (χ1n) is 22.0. The Hall–Kier alpha value is -5.50. The van der Waals surface area contributed by atoms with Crippen molar-refractivity contribution in [1.82, 2.24) is 0 Å². The standard InChI is InChI=1S/C7H12O4.C7H14O3.C6H10O4.C6H12O3.C5H8O4.2C5H10O3.C4H10O/c1-6(8)10-4-3-5-11-7(2)9;1-3-9-5-4-6-10-7(2)8;1-5(7)9-3-4-10-6(2)8;1-3-8-4-5-9-6(2)7;1-4(6)8-3-9-5(2)7;1-5(6)8-4-3-7-2;1-3-7-4-8-5(2)6;1-3-5-4-2/h3-5H2,1-2H3;3-6H2,1-2H3;3-4H2,1-2H3;3-5H2,1-2H3;3H2,1-2H3;2*3-4H2,1-2H3;3-4H2,1-2H3. The van der Waals surface area contributed by atoms with Crippen LogP contribution in [0.3, 0.4) is 0 Å². The molecular formula is C45H86O25. The predicted octanol–water partition coefficient (Wildman–Crippen LogP) is 4.03. The second-order valence-corrected chi connectivity index (χ2v) is 11.9. The molecule has 0 aliphatic heterocycles. The number of rotatable bonds is 26. The highest BCUT2D eigenvalue weighted by Gasteiger charge is 1.97. The van der Waals surface area contributed by atoms with E-state index < -0.39 is 11.9 Å². The van der Waals surface area contributed by atoms with Gasteiger partial charge in [-0.25, -0.2) is 0 Å². The van der Waals surface area contributed by atoms with E-state index in [1.165, 1.54) is 69.2 Å². The van der Waals surface area contributed by atoms with Gasteiger partial charge in [-0.15, -0.1) is 0 Å². The number of esters is 10. The summed E-state index contributed by atoms with van der Waals surface area (Å²) in [6.07, 6.45) is 1.34. The second-order valence-electron chi connectivity index (χ2n) is 11.9. The van der Waals surface area contributed by atoms with Gasteiger partial charge in [-0.3, -0.25) is 47.9 Å². The Bertz CT molecular complexity index is 1190. The van der Waals surface area contributed by atoms with Gasteiger partial charge in [-0.1, -0.05) is 0 Å². The van der Waals surface area contributed by atoms with Crippen molar-refractivity contribution in [3.8, 4) is 0 Å². The summed E-state index contributed by atoms with van der Waals surface area (Å²) in [4.78, 5) is 101. The minimum Gasteiger partial charge on any atom is -0.466 e. The fourth-order valence-electron chi connectivity index (χ4n) is 2.65. The lowest BCUT2D eigenvalue weighted by atomic mass is 10.5. The van der Waals surface area contributed by atoms with Crippen molar-refractivity contribution in [2.24, 2.45) is 0 Å². The lowest BCUT2D eigenvalue weighted by molar-refractivity contribution is -0.164. The zero-order chi connectivity index (χ0) is 55.8. The maximum atomic E-state index is 10.2. The first-order valence-corrected chi connectivity index (χ1v) is 22.0. The Morgan fingerprint density at radius 2 is 0.471 bits per heavy atom. The third-order valence-electron chi connectivity index (χ3n) is 5.35. The monoisotopic (exact) mass is 1030 g/mol. The third-order valence-corrected chi connectivity index (χ3v) is 5.35. The van der Waals surface area contributed by atoms with E-state index in [2.05, 4.69) is 52.1 Å². The highest BCUT2D eigenvalue weighted by molar-refractivity contribution is 5.68. The summed E-state index contributed by atoms with van der Waals surface area (Å²) in [7, 11) is 1.56. The normalized spacial score (nSPS) is 8.80. The van der Waals surface area contributed by atoms with Gasteiger partial charge in [0.25, 0.3) is 0 Å². The van der Waals surface area contributed by atoms with E-state index in [0.717, 1.165) is 26.2 Å². The summed E-state index contributed by atoms with van der Waals surface area (Å²) < 4.78 is 68.9. The number of carbonyl (C=O) groups excluding carboxylic acids is 10. The summed E-state index contributed by atoms with van der Waals surface area (Å²) >= 11 is 0. The third kappa shape index (κ3) is 144. The van der Waals surface area contributed by atoms with Crippen LogP contribution in [0.4, 0.5) is 0 Å². The van der Waals surface area contributed by atoms with Gasteiger partial charge in [-0.05, 0) is 34.6 Å². The average Bonchev–Trinajstić information content (AvgIpc) is 3.25. The van der Waals surface area contributed by atoms with Gasteiger partial charge in [0, 0.05) is 129 Å². The molecule has 25 heteroatoms. The number of hydrogen-bond donors (Lipinski definition) is 0. The van der Waals surface area contributed by atoms with Crippen LogP contribution in [0.15, 0.2) is 0 Å². The van der Waals surface area contributed by atoms with Crippen LogP contribution >= 0.6 is 0 Å². The molecular weight excluding hydrogens is 940 g/mol. The van der Waals surface area contributed by atoms with E-state index in [1.807, 2.05) is 34.6 Å². The summed E-state index contributed by atoms with van der Waals surface area (Å²) in [5.74, 6) is -3.33. The lowest BCUT2D eigenvalue weighted by Gasteiger charge is -2.01. The molecule has 0 radical (unpaired) electrons. The molecule has 0 atom stereocenters. The Kier molecular flexibility index (Phi) is 84.4. The van der Waals surface area contributed by atoms with Crippen LogP contribution in [0, 0.1) is 0 Å². The smallest absolute Gasteiger partial charge is 0.305 e. The van der Waals surface area contributed by atoms with Crippen LogP contribution < -0.4 is 0 Å². The Morgan fingerprint density at radius 1 is 0.243 bits per heavy atom. The van der Waals surface area contributed by atoms with Gasteiger partial charge in [0.1, 0.15) is 26.4 Å². The zero-order valence-electron chi connectivity index (χ0n) is 44.6. The largest absolute Gasteiger partial charge is 0.466 e. The van der Waals surface area contributed by atoms with Crippen LogP contribution in [0.5, 0.6) is 0 Å². The molecule has 0 heterocycles. The first kappa shape index (κ1) is 81.5. The summed E-state index contributed by atoms with van der Waals surface area (Å²) in [6.45, 7) is 30.1. The molecule has 0 aromatic rings. The fraction of sp³-hybridized carbons (Fsp3) is 0.778. The molecule has 70 heavy (non-hydrogen) atoms. The Morgan fingerprint density at radius 3 is 0.729 bits per heavy atom. The van der Waals surface area contributed by atoms with Crippen LogP contribution in [-0.2, 0) is 119 Å². The molecule has 0 N–H and O–H groups in total. The van der Waals surface area contributed by atoms with E-state index in [-0.39, 0.29) is 74.6 Å². The molecule has 0 saturated carbocycles. The molecule has 0 amide bonds. The van der Waals surface area contributed by atoms with Gasteiger partial charge < -0.3 is 71.1 Å². The minimum absolute atomic E-state index is 0.0752. The van der Waals surface area contributed by atoms with Gasteiger partial charge in [0.05, 0.1) is 33.0 Å². The van der Waals surface area contributed by atoms with Gasteiger partial charge in [0.15, 0.2) is 6.79 Å². The summed E-state index contributed by atoms with van der Waals surface area (Å²) in [5, 5.41) is 0. The fourth-order valence-corrected chi connectivity index (χ4v) is 2.65. The number of ether oxygens (including phenoxy) is 15. The molecule has 0 saturated heterocycles. The van der Waals surface area contributed by atoms with E-state index in [9.17, 15) is 47.9 Å². The van der Waals surface area contributed by atoms with Gasteiger partial charge in [-0.2, -0.15) is 0 Å². The quantitative estimate of drug-likeness (QED) is 0.0511. The molecule has 0 spiro atoms. The highest BCUT2D eigenvalue weighted by Crippen LogP contribution is 1.87. The molecule has 0 bridgehead atoms.